The second-order valence-electron chi connectivity index (χ2n) is 10.3. The molecule has 6 nitrogen and oxygen atoms in total. The molecule has 2 saturated heterocycles. The first-order chi connectivity index (χ1) is 18.3. The van der Waals surface area contributed by atoms with E-state index in [9.17, 15) is 0 Å². The highest BCUT2D eigenvalue weighted by molar-refractivity contribution is 5.81. The highest BCUT2D eigenvalue weighted by Gasteiger charge is 2.62. The maximum absolute atomic E-state index is 15.5. The Morgan fingerprint density at radius 3 is 1.50 bits per heavy atom. The summed E-state index contributed by atoms with van der Waals surface area (Å²) in [7, 11) is 0. The average molecular weight is 523 g/mol. The number of nitrogens with one attached hydrogen (secondary N) is 4. The first kappa shape index (κ1) is 23.6. The van der Waals surface area contributed by atoms with Crippen LogP contribution in [0.2, 0.25) is 0 Å². The Bertz CT molecular complexity index is 1400. The summed E-state index contributed by atoms with van der Waals surface area (Å²) in [4.78, 5) is 15.1. The second kappa shape index (κ2) is 8.51. The molecular formula is C28H26F4N6. The minimum atomic E-state index is -4.40. The van der Waals surface area contributed by atoms with Crippen LogP contribution in [0.4, 0.5) is 17.6 Å². The van der Waals surface area contributed by atoms with Crippen molar-refractivity contribution >= 4 is 0 Å². The van der Waals surface area contributed by atoms with Gasteiger partial charge in [-0.25, -0.2) is 9.97 Å². The van der Waals surface area contributed by atoms with Crippen LogP contribution in [0.1, 0.15) is 60.5 Å². The number of hydrogen-bond acceptors (Lipinski definition) is 4. The fourth-order valence-corrected chi connectivity index (χ4v) is 5.91. The lowest BCUT2D eigenvalue weighted by molar-refractivity contribution is -0.225. The Hall–Kier alpha value is -3.50. The molecule has 38 heavy (non-hydrogen) atoms. The second-order valence-corrected chi connectivity index (χ2v) is 10.3. The summed E-state index contributed by atoms with van der Waals surface area (Å²) in [6.45, 7) is 1.78. The number of rotatable bonds is 4. The maximum atomic E-state index is 15.5. The molecule has 2 atom stereocenters. The van der Waals surface area contributed by atoms with Crippen molar-refractivity contribution in [2.45, 2.75) is 49.6 Å². The van der Waals surface area contributed by atoms with E-state index in [-0.39, 0.29) is 23.2 Å². The number of aromatic nitrogens is 4. The number of halogens is 4. The lowest BCUT2D eigenvalue weighted by atomic mass is 9.79. The van der Waals surface area contributed by atoms with E-state index in [2.05, 4.69) is 30.6 Å². The SMILES string of the molecule is FC1(F)c2cc(-c3cnc(C4CCCN4)[nH]3)ccc2-c2ccc(-c3cnc(C4CCCN4)[nH]3)cc2C1(F)F. The van der Waals surface area contributed by atoms with Crippen LogP contribution in [0.25, 0.3) is 33.6 Å². The number of alkyl halides is 4. The molecule has 2 aromatic carbocycles. The van der Waals surface area contributed by atoms with Gasteiger partial charge in [0.2, 0.25) is 0 Å². The predicted molar refractivity (Wildman–Crippen MR) is 135 cm³/mol. The number of H-pyrrole nitrogens is 2. The largest absolute Gasteiger partial charge is 0.341 e. The molecule has 4 heterocycles. The molecule has 0 saturated carbocycles. The van der Waals surface area contributed by atoms with E-state index in [1.54, 1.807) is 24.5 Å². The first-order valence-electron chi connectivity index (χ1n) is 13.0. The molecule has 0 radical (unpaired) electrons. The smallest absolute Gasteiger partial charge is 0.340 e. The van der Waals surface area contributed by atoms with Crippen LogP contribution in [-0.4, -0.2) is 33.0 Å². The number of hydrogen-bond donors (Lipinski definition) is 4. The van der Waals surface area contributed by atoms with Gasteiger partial charge in [0.05, 0.1) is 35.9 Å². The van der Waals surface area contributed by atoms with Crippen molar-refractivity contribution in [1.29, 1.82) is 0 Å². The van der Waals surface area contributed by atoms with Gasteiger partial charge >= 0.3 is 11.8 Å². The number of imidazole rings is 2. The minimum absolute atomic E-state index is 0.0774. The highest BCUT2D eigenvalue weighted by atomic mass is 19.3. The molecule has 3 aliphatic rings. The zero-order valence-electron chi connectivity index (χ0n) is 20.4. The first-order valence-corrected chi connectivity index (χ1v) is 13.0. The summed E-state index contributed by atoms with van der Waals surface area (Å²) in [6.07, 6.45) is 7.05. The normalized spacial score (nSPS) is 23.4. The topological polar surface area (TPSA) is 81.4 Å². The third kappa shape index (κ3) is 3.54. The Labute approximate surface area is 216 Å². The number of benzene rings is 2. The van der Waals surface area contributed by atoms with Crippen LogP contribution < -0.4 is 10.6 Å². The average Bonchev–Trinajstić information content (AvgIpc) is 3.74. The molecule has 4 N–H and O–H groups in total. The van der Waals surface area contributed by atoms with E-state index in [0.717, 1.165) is 62.6 Å². The summed E-state index contributed by atoms with van der Waals surface area (Å²) in [6, 6.07) is 8.82. The zero-order chi connectivity index (χ0) is 26.1. The molecule has 196 valence electrons. The minimum Gasteiger partial charge on any atom is -0.341 e. The summed E-state index contributed by atoms with van der Waals surface area (Å²) >= 11 is 0. The van der Waals surface area contributed by atoms with Crippen LogP contribution in [-0.2, 0) is 11.8 Å². The van der Waals surface area contributed by atoms with E-state index < -0.39 is 23.0 Å². The summed E-state index contributed by atoms with van der Waals surface area (Å²) < 4.78 is 62.1. The lowest BCUT2D eigenvalue weighted by Gasteiger charge is -2.35. The van der Waals surface area contributed by atoms with Gasteiger partial charge in [-0.15, -0.1) is 0 Å². The van der Waals surface area contributed by atoms with Crippen LogP contribution in [0.15, 0.2) is 48.8 Å². The van der Waals surface area contributed by atoms with E-state index in [4.69, 9.17) is 0 Å². The van der Waals surface area contributed by atoms with Crippen LogP contribution in [0, 0.1) is 0 Å². The molecule has 0 spiro atoms. The van der Waals surface area contributed by atoms with Gasteiger partial charge in [0.1, 0.15) is 11.6 Å². The van der Waals surface area contributed by atoms with Gasteiger partial charge in [-0.2, -0.15) is 17.6 Å². The monoisotopic (exact) mass is 522 g/mol. The maximum Gasteiger partial charge on any atom is 0.340 e. The van der Waals surface area contributed by atoms with Gasteiger partial charge in [-0.05, 0) is 62.0 Å². The van der Waals surface area contributed by atoms with Gasteiger partial charge in [0, 0.05) is 22.3 Å². The molecule has 2 fully saturated rings. The highest BCUT2D eigenvalue weighted by Crippen LogP contribution is 2.58. The number of aromatic amines is 2. The molecule has 0 bridgehead atoms. The van der Waals surface area contributed by atoms with Crippen molar-refractivity contribution in [2.24, 2.45) is 0 Å². The Morgan fingerprint density at radius 1 is 0.658 bits per heavy atom. The van der Waals surface area contributed by atoms with Gasteiger partial charge in [-0.1, -0.05) is 24.3 Å². The van der Waals surface area contributed by atoms with Gasteiger partial charge in [0.25, 0.3) is 0 Å². The van der Waals surface area contributed by atoms with Gasteiger partial charge < -0.3 is 20.6 Å². The van der Waals surface area contributed by atoms with Crippen molar-refractivity contribution < 1.29 is 17.6 Å². The van der Waals surface area contributed by atoms with Crippen LogP contribution in [0.5, 0.6) is 0 Å². The molecule has 2 unspecified atom stereocenters. The van der Waals surface area contributed by atoms with E-state index >= 15 is 17.6 Å². The van der Waals surface area contributed by atoms with Crippen molar-refractivity contribution in [3.05, 3.63) is 71.6 Å². The van der Waals surface area contributed by atoms with Crippen molar-refractivity contribution in [3.8, 4) is 33.6 Å². The van der Waals surface area contributed by atoms with Crippen molar-refractivity contribution in [1.82, 2.24) is 30.6 Å². The third-order valence-electron chi connectivity index (χ3n) is 7.99. The van der Waals surface area contributed by atoms with Gasteiger partial charge in [-0.3, -0.25) is 0 Å². The fourth-order valence-electron chi connectivity index (χ4n) is 5.91. The molecule has 10 heteroatoms. The summed E-state index contributed by atoms with van der Waals surface area (Å²) in [5.74, 6) is -7.36. The lowest BCUT2D eigenvalue weighted by Crippen LogP contribution is -2.39. The van der Waals surface area contributed by atoms with Gasteiger partial charge in [0.15, 0.2) is 0 Å². The quantitative estimate of drug-likeness (QED) is 0.241. The molecule has 2 aliphatic heterocycles. The summed E-state index contributed by atoms with van der Waals surface area (Å²) in [5, 5.41) is 6.66. The molecular weight excluding hydrogens is 496 g/mol. The molecule has 2 aromatic heterocycles. The van der Waals surface area contributed by atoms with E-state index in [1.165, 1.54) is 12.1 Å². The fraction of sp³-hybridized carbons (Fsp3) is 0.357. The Kier molecular flexibility index (Phi) is 5.28. The Balaban J connectivity index is 1.28. The van der Waals surface area contributed by atoms with E-state index in [1.807, 2.05) is 0 Å². The number of fused-ring (bicyclic) bond motifs is 3. The van der Waals surface area contributed by atoms with E-state index in [0.29, 0.717) is 22.5 Å². The zero-order valence-corrected chi connectivity index (χ0v) is 20.4. The third-order valence-corrected chi connectivity index (χ3v) is 7.99. The van der Waals surface area contributed by atoms with Crippen LogP contribution in [0.3, 0.4) is 0 Å². The Morgan fingerprint density at radius 2 is 1.11 bits per heavy atom. The summed E-state index contributed by atoms with van der Waals surface area (Å²) in [5.41, 5.74) is 0.640. The van der Waals surface area contributed by atoms with Crippen molar-refractivity contribution in [2.75, 3.05) is 13.1 Å². The molecule has 7 rings (SSSR count). The standard InChI is InChI=1S/C28H26F4N6/c29-27(30)19-11-15(23-13-35-25(37-23)21-3-1-9-33-21)5-7-17(19)18-8-6-16(12-20(18)28(27,31)32)24-14-36-26(38-24)22-4-2-10-34-22/h5-8,11-14,21-22,33-34H,1-4,9-10H2,(H,35,37)(H,36,38). The number of nitrogens with zero attached hydrogens (tertiary/aromatic N) is 2. The molecule has 4 aromatic rings. The molecule has 1 aliphatic carbocycles. The van der Waals surface area contributed by atoms with Crippen LogP contribution >= 0.6 is 0 Å². The predicted octanol–water partition coefficient (Wildman–Crippen LogP) is 6.18. The molecule has 0 amide bonds. The van der Waals surface area contributed by atoms with Crippen molar-refractivity contribution in [3.63, 3.8) is 0 Å².